The lowest BCUT2D eigenvalue weighted by molar-refractivity contribution is -0.119. The number of nitrogens with zero attached hydrogens (tertiary/aromatic N) is 2. The van der Waals surface area contributed by atoms with E-state index < -0.39 is 10.0 Å². The number of benzene rings is 1. The van der Waals surface area contributed by atoms with Gasteiger partial charge in [0, 0.05) is 26.1 Å². The van der Waals surface area contributed by atoms with E-state index in [9.17, 15) is 13.2 Å². The number of sulfonamides is 1. The van der Waals surface area contributed by atoms with Gasteiger partial charge >= 0.3 is 0 Å². The van der Waals surface area contributed by atoms with Crippen LogP contribution < -0.4 is 4.90 Å². The van der Waals surface area contributed by atoms with Gasteiger partial charge < -0.3 is 4.90 Å². The van der Waals surface area contributed by atoms with E-state index >= 15 is 0 Å². The average Bonchev–Trinajstić information content (AvgIpc) is 2.58. The van der Waals surface area contributed by atoms with Crippen molar-refractivity contribution in [3.05, 3.63) is 34.9 Å². The van der Waals surface area contributed by atoms with Crippen molar-refractivity contribution in [3.8, 4) is 0 Å². The zero-order chi connectivity index (χ0) is 16.9. The van der Waals surface area contributed by atoms with Gasteiger partial charge in [0.25, 0.3) is 0 Å². The molecular weight excluding hydrogens is 324 g/mol. The second kappa shape index (κ2) is 5.70. The molecule has 3 aliphatic rings. The maximum absolute atomic E-state index is 13.0. The number of hydrogen-bond donors (Lipinski definition) is 0. The third kappa shape index (κ3) is 2.48. The van der Waals surface area contributed by atoms with Crippen LogP contribution in [-0.4, -0.2) is 38.3 Å². The third-order valence-corrected chi connectivity index (χ3v) is 7.13. The molecule has 1 aromatic rings. The van der Waals surface area contributed by atoms with Crippen molar-refractivity contribution in [2.45, 2.75) is 43.9 Å². The number of aryl methyl sites for hydroxylation is 2. The molecule has 1 amide bonds. The Hall–Kier alpha value is -1.66. The van der Waals surface area contributed by atoms with Crippen molar-refractivity contribution in [1.29, 1.82) is 0 Å². The molecule has 1 aromatic carbocycles. The summed E-state index contributed by atoms with van der Waals surface area (Å²) in [4.78, 5) is 14.4. The highest BCUT2D eigenvalue weighted by molar-refractivity contribution is 7.89. The maximum Gasteiger partial charge on any atom is 0.243 e. The molecule has 0 aromatic heterocycles. The van der Waals surface area contributed by atoms with Crippen molar-refractivity contribution in [1.82, 2.24) is 4.31 Å². The number of rotatable bonds is 2. The SMILES string of the molecule is CC1=CCN(S(=O)(=O)c2cc3c4c(c2)CCC(=O)N4CCC3)CC1. The fourth-order valence-corrected chi connectivity index (χ4v) is 5.37. The summed E-state index contributed by atoms with van der Waals surface area (Å²) in [5, 5.41) is 0. The Morgan fingerprint density at radius 1 is 1.00 bits per heavy atom. The Bertz CT molecular complexity index is 825. The molecule has 0 radical (unpaired) electrons. The number of carbonyl (C=O) groups is 1. The molecule has 6 heteroatoms. The monoisotopic (exact) mass is 346 g/mol. The standard InChI is InChI=1S/C18H22N2O3S/c1-13-6-9-19(10-7-13)24(22,23)16-11-14-3-2-8-20-17(21)5-4-15(12-16)18(14)20/h6,11-12H,2-5,7-10H2,1H3. The molecule has 0 saturated carbocycles. The summed E-state index contributed by atoms with van der Waals surface area (Å²) in [6, 6.07) is 3.59. The van der Waals surface area contributed by atoms with Crippen LogP contribution >= 0.6 is 0 Å². The van der Waals surface area contributed by atoms with Gasteiger partial charge in [-0.2, -0.15) is 4.31 Å². The predicted molar refractivity (Wildman–Crippen MR) is 92.6 cm³/mol. The van der Waals surface area contributed by atoms with E-state index in [1.54, 1.807) is 16.4 Å². The largest absolute Gasteiger partial charge is 0.312 e. The molecule has 5 nitrogen and oxygen atoms in total. The number of hydrogen-bond acceptors (Lipinski definition) is 3. The highest BCUT2D eigenvalue weighted by atomic mass is 32.2. The third-order valence-electron chi connectivity index (χ3n) is 5.29. The molecule has 0 unspecified atom stereocenters. The minimum Gasteiger partial charge on any atom is -0.312 e. The summed E-state index contributed by atoms with van der Waals surface area (Å²) < 4.78 is 27.6. The lowest BCUT2D eigenvalue weighted by Gasteiger charge is -2.36. The second-order valence-electron chi connectivity index (χ2n) is 6.90. The highest BCUT2D eigenvalue weighted by Crippen LogP contribution is 2.38. The molecule has 0 N–H and O–H groups in total. The number of anilines is 1. The Kier molecular flexibility index (Phi) is 3.77. The van der Waals surface area contributed by atoms with Crippen LogP contribution in [0.3, 0.4) is 0 Å². The van der Waals surface area contributed by atoms with Crippen LogP contribution in [0, 0.1) is 0 Å². The Labute approximate surface area is 143 Å². The van der Waals surface area contributed by atoms with Crippen molar-refractivity contribution in [2.24, 2.45) is 0 Å². The number of carbonyl (C=O) groups excluding carboxylic acids is 1. The summed E-state index contributed by atoms with van der Waals surface area (Å²) >= 11 is 0. The van der Waals surface area contributed by atoms with Gasteiger partial charge in [-0.25, -0.2) is 8.42 Å². The minimum absolute atomic E-state index is 0.163. The topological polar surface area (TPSA) is 57.7 Å². The van der Waals surface area contributed by atoms with E-state index in [1.807, 2.05) is 17.9 Å². The van der Waals surface area contributed by atoms with Crippen LogP contribution in [-0.2, 0) is 27.7 Å². The molecule has 0 bridgehead atoms. The lowest BCUT2D eigenvalue weighted by atomic mass is 9.92. The number of amides is 1. The van der Waals surface area contributed by atoms with E-state index in [0.29, 0.717) is 30.8 Å². The van der Waals surface area contributed by atoms with Crippen molar-refractivity contribution in [3.63, 3.8) is 0 Å². The van der Waals surface area contributed by atoms with Gasteiger partial charge in [0.2, 0.25) is 15.9 Å². The molecule has 0 saturated heterocycles. The highest BCUT2D eigenvalue weighted by Gasteiger charge is 2.33. The van der Waals surface area contributed by atoms with Crippen LogP contribution in [0.4, 0.5) is 5.69 Å². The van der Waals surface area contributed by atoms with E-state index in [-0.39, 0.29) is 5.91 Å². The fourth-order valence-electron chi connectivity index (χ4n) is 3.89. The maximum atomic E-state index is 13.0. The summed E-state index contributed by atoms with van der Waals surface area (Å²) in [5.41, 5.74) is 4.24. The van der Waals surface area contributed by atoms with Crippen LogP contribution in [0.2, 0.25) is 0 Å². The van der Waals surface area contributed by atoms with Crippen LogP contribution in [0.5, 0.6) is 0 Å². The molecule has 3 heterocycles. The smallest absolute Gasteiger partial charge is 0.243 e. The molecule has 128 valence electrons. The molecule has 24 heavy (non-hydrogen) atoms. The first-order valence-electron chi connectivity index (χ1n) is 8.59. The summed E-state index contributed by atoms with van der Waals surface area (Å²) in [6.07, 6.45) is 5.63. The van der Waals surface area contributed by atoms with Gasteiger partial charge in [-0.3, -0.25) is 4.79 Å². The van der Waals surface area contributed by atoms with E-state index in [2.05, 4.69) is 0 Å². The van der Waals surface area contributed by atoms with Gasteiger partial charge in [-0.15, -0.1) is 0 Å². The normalized spacial score (nSPS) is 21.5. The first-order valence-corrected chi connectivity index (χ1v) is 10.0. The Balaban J connectivity index is 1.77. The average molecular weight is 346 g/mol. The molecule has 0 spiro atoms. The Morgan fingerprint density at radius 3 is 2.46 bits per heavy atom. The zero-order valence-corrected chi connectivity index (χ0v) is 14.7. The van der Waals surface area contributed by atoms with Crippen LogP contribution in [0.25, 0.3) is 0 Å². The molecule has 0 atom stereocenters. The molecule has 4 rings (SSSR count). The van der Waals surface area contributed by atoms with Crippen molar-refractivity contribution >= 4 is 21.6 Å². The summed E-state index contributed by atoms with van der Waals surface area (Å²) in [6.45, 7) is 3.78. The Morgan fingerprint density at radius 2 is 1.75 bits per heavy atom. The first-order chi connectivity index (χ1) is 11.5. The summed E-state index contributed by atoms with van der Waals surface area (Å²) in [7, 11) is -3.47. The zero-order valence-electron chi connectivity index (χ0n) is 13.9. The van der Waals surface area contributed by atoms with Crippen LogP contribution in [0.15, 0.2) is 28.7 Å². The van der Waals surface area contributed by atoms with Gasteiger partial charge in [0.05, 0.1) is 10.6 Å². The van der Waals surface area contributed by atoms with Gasteiger partial charge in [0.1, 0.15) is 0 Å². The van der Waals surface area contributed by atoms with E-state index in [4.69, 9.17) is 0 Å². The van der Waals surface area contributed by atoms with Crippen LogP contribution in [0.1, 0.15) is 37.3 Å². The first kappa shape index (κ1) is 15.8. The molecule has 3 aliphatic heterocycles. The van der Waals surface area contributed by atoms with Crippen molar-refractivity contribution < 1.29 is 13.2 Å². The van der Waals surface area contributed by atoms with Gasteiger partial charge in [-0.05, 0) is 55.9 Å². The lowest BCUT2D eigenvalue weighted by Crippen LogP contribution is -2.40. The predicted octanol–water partition coefficient (Wildman–Crippen LogP) is 2.25. The molecule has 0 fully saturated rings. The van der Waals surface area contributed by atoms with Crippen molar-refractivity contribution in [2.75, 3.05) is 24.5 Å². The van der Waals surface area contributed by atoms with Gasteiger partial charge in [-0.1, -0.05) is 11.6 Å². The van der Waals surface area contributed by atoms with Gasteiger partial charge in [0.15, 0.2) is 0 Å². The summed E-state index contributed by atoms with van der Waals surface area (Å²) in [5.74, 6) is 0.163. The van der Waals surface area contributed by atoms with E-state index in [1.165, 1.54) is 5.57 Å². The van der Waals surface area contributed by atoms with E-state index in [0.717, 1.165) is 42.6 Å². The molecule has 0 aliphatic carbocycles. The quantitative estimate of drug-likeness (QED) is 0.772. The second-order valence-corrected chi connectivity index (χ2v) is 8.84. The molecular formula is C18H22N2O3S. The fraction of sp³-hybridized carbons (Fsp3) is 0.500. The minimum atomic E-state index is -3.47.